The summed E-state index contributed by atoms with van der Waals surface area (Å²) in [5.74, 6) is 3.26. The Morgan fingerprint density at radius 3 is 2.55 bits per heavy atom. The molecule has 0 saturated carbocycles. The van der Waals surface area contributed by atoms with Crippen molar-refractivity contribution in [2.45, 2.75) is 5.03 Å². The second-order valence-electron chi connectivity index (χ2n) is 1.91. The average molecular weight is 210 g/mol. The molecule has 60 valence electrons. The van der Waals surface area contributed by atoms with Crippen molar-refractivity contribution in [3.05, 3.63) is 23.4 Å². The van der Waals surface area contributed by atoms with Gasteiger partial charge in [0.1, 0.15) is 5.03 Å². The van der Waals surface area contributed by atoms with Crippen molar-refractivity contribution in [3.8, 4) is 0 Å². The summed E-state index contributed by atoms with van der Waals surface area (Å²) in [7, 11) is 2.70. The summed E-state index contributed by atoms with van der Waals surface area (Å²) >= 11 is 5.54. The molecule has 0 aliphatic heterocycles. The number of aromatic nitrogens is 1. The summed E-state index contributed by atoms with van der Waals surface area (Å²) in [4.78, 5) is 3.75. The van der Waals surface area contributed by atoms with Gasteiger partial charge in [0.15, 0.2) is 0 Å². The van der Waals surface area contributed by atoms with E-state index in [0.29, 0.717) is 5.02 Å². The van der Waals surface area contributed by atoms with Gasteiger partial charge in [-0.3, -0.25) is 0 Å². The van der Waals surface area contributed by atoms with Gasteiger partial charge in [0.05, 0.1) is 13.8 Å². The summed E-state index contributed by atoms with van der Waals surface area (Å²) in [6.07, 6.45) is 1.38. The molecule has 0 fully saturated rings. The molecule has 0 amide bonds. The fraction of sp³-hybridized carbons (Fsp3) is 0. The van der Waals surface area contributed by atoms with Crippen LogP contribution in [0.5, 0.6) is 0 Å². The minimum Gasteiger partial charge on any atom is -0.246 e. The fourth-order valence-corrected chi connectivity index (χ4v) is 1.41. The molecule has 1 aromatic heterocycles. The maximum Gasteiger partial charge on any atom is 0.133 e. The highest BCUT2D eigenvalue weighted by Gasteiger charge is 2.03. The van der Waals surface area contributed by atoms with Crippen molar-refractivity contribution in [1.29, 1.82) is 0 Å². The van der Waals surface area contributed by atoms with Gasteiger partial charge in [-0.25, -0.2) is 9.19 Å². The Morgan fingerprint density at radius 2 is 2.18 bits per heavy atom. The lowest BCUT2D eigenvalue weighted by Crippen LogP contribution is -1.92. The normalized spacial score (nSPS) is 15.8. The highest BCUT2D eigenvalue weighted by atomic mass is 35.7. The molecule has 5 heteroatoms. The lowest BCUT2D eigenvalue weighted by molar-refractivity contribution is 0.687. The first-order valence-electron chi connectivity index (χ1n) is 2.68. The van der Waals surface area contributed by atoms with Crippen LogP contribution in [0.3, 0.4) is 0 Å². The van der Waals surface area contributed by atoms with Crippen LogP contribution in [0.2, 0.25) is 5.02 Å². The largest absolute Gasteiger partial charge is 0.246 e. The van der Waals surface area contributed by atoms with Gasteiger partial charge in [0.2, 0.25) is 0 Å². The maximum absolute atomic E-state index is 11.0. The van der Waals surface area contributed by atoms with Crippen LogP contribution in [0.15, 0.2) is 23.4 Å². The minimum absolute atomic E-state index is 0.253. The Balaban J connectivity index is 3.20. The quantitative estimate of drug-likeness (QED) is 0.523. The van der Waals surface area contributed by atoms with Gasteiger partial charge >= 0.3 is 0 Å². The molecule has 1 heterocycles. The lowest BCUT2D eigenvalue weighted by Gasteiger charge is -1.97. The summed E-state index contributed by atoms with van der Waals surface area (Å²) in [5, 5.41) is 0.734. The zero-order valence-electron chi connectivity index (χ0n) is 5.46. The molecule has 2 nitrogen and oxygen atoms in total. The number of halogens is 2. The number of pyridine rings is 1. The molecule has 11 heavy (non-hydrogen) atoms. The van der Waals surface area contributed by atoms with E-state index in [9.17, 15) is 4.21 Å². The SMILES string of the molecule is C=S(=O)(Cl)c1ccc(Cl)cn1. The fourth-order valence-electron chi connectivity index (χ4n) is 0.543. The molecule has 0 aromatic carbocycles. The summed E-state index contributed by atoms with van der Waals surface area (Å²) in [6.45, 7) is 0. The van der Waals surface area contributed by atoms with Gasteiger partial charge < -0.3 is 0 Å². The van der Waals surface area contributed by atoms with E-state index in [4.69, 9.17) is 22.3 Å². The molecule has 1 atom stereocenters. The Labute approximate surface area is 74.7 Å². The third kappa shape index (κ3) is 2.36. The van der Waals surface area contributed by atoms with Crippen LogP contribution in [0, 0.1) is 0 Å². The van der Waals surface area contributed by atoms with E-state index in [1.54, 1.807) is 6.07 Å². The highest BCUT2D eigenvalue weighted by Crippen LogP contribution is 2.13. The van der Waals surface area contributed by atoms with E-state index in [1.807, 2.05) is 0 Å². The molecule has 0 aliphatic carbocycles. The Hall–Kier alpha value is -0.250. The average Bonchev–Trinajstić information content (AvgIpc) is 1.86. The summed E-state index contributed by atoms with van der Waals surface area (Å²) in [5.41, 5.74) is 0. The maximum atomic E-state index is 11.0. The summed E-state index contributed by atoms with van der Waals surface area (Å²) in [6, 6.07) is 3.06. The van der Waals surface area contributed by atoms with Gasteiger partial charge in [0, 0.05) is 6.20 Å². The van der Waals surface area contributed by atoms with Crippen LogP contribution < -0.4 is 0 Å². The molecule has 0 aliphatic rings. The van der Waals surface area contributed by atoms with E-state index in [1.165, 1.54) is 12.3 Å². The van der Waals surface area contributed by atoms with Crippen molar-refractivity contribution in [3.63, 3.8) is 0 Å². The molecule has 0 N–H and O–H groups in total. The number of hydrogen-bond donors (Lipinski definition) is 0. The highest BCUT2D eigenvalue weighted by molar-refractivity contribution is 8.20. The Bertz CT molecular complexity index is 343. The number of nitrogens with zero attached hydrogens (tertiary/aromatic N) is 1. The third-order valence-electron chi connectivity index (χ3n) is 1.01. The molecule has 1 unspecified atom stereocenters. The zero-order chi connectivity index (χ0) is 8.48. The second kappa shape index (κ2) is 3.01. The first-order chi connectivity index (χ1) is 5.00. The molecule has 0 saturated heterocycles. The minimum atomic E-state index is -2.72. The van der Waals surface area contributed by atoms with Crippen LogP contribution in [0.1, 0.15) is 0 Å². The lowest BCUT2D eigenvalue weighted by atomic mass is 10.5. The van der Waals surface area contributed by atoms with E-state index in [-0.39, 0.29) is 5.03 Å². The number of hydrogen-bond acceptors (Lipinski definition) is 2. The van der Waals surface area contributed by atoms with E-state index in [0.717, 1.165) is 0 Å². The second-order valence-corrected chi connectivity index (χ2v) is 5.45. The standard InChI is InChI=1S/C6H5Cl2NOS/c1-11(8,10)6-3-2-5(7)4-9-6/h2-4H,1H2. The topological polar surface area (TPSA) is 30.0 Å². The molecule has 1 rings (SSSR count). The monoisotopic (exact) mass is 209 g/mol. The molecule has 1 aromatic rings. The van der Waals surface area contributed by atoms with Gasteiger partial charge in [-0.15, -0.1) is 0 Å². The van der Waals surface area contributed by atoms with Crippen LogP contribution in [0.4, 0.5) is 0 Å². The van der Waals surface area contributed by atoms with Gasteiger partial charge in [0.25, 0.3) is 0 Å². The van der Waals surface area contributed by atoms with Gasteiger partial charge in [-0.2, -0.15) is 0 Å². The van der Waals surface area contributed by atoms with Crippen LogP contribution >= 0.6 is 22.3 Å². The molecule has 0 radical (unpaired) electrons. The molecular weight excluding hydrogens is 205 g/mol. The van der Waals surface area contributed by atoms with E-state index >= 15 is 0 Å². The number of rotatable bonds is 1. The Morgan fingerprint density at radius 1 is 1.55 bits per heavy atom. The van der Waals surface area contributed by atoms with Crippen LogP contribution in [-0.2, 0) is 8.74 Å². The van der Waals surface area contributed by atoms with Crippen molar-refractivity contribution in [2.24, 2.45) is 0 Å². The van der Waals surface area contributed by atoms with Gasteiger partial charge in [-0.1, -0.05) is 11.6 Å². The van der Waals surface area contributed by atoms with Crippen molar-refractivity contribution in [2.75, 3.05) is 0 Å². The van der Waals surface area contributed by atoms with Gasteiger partial charge in [-0.05, 0) is 28.7 Å². The Kier molecular flexibility index (Phi) is 2.42. The summed E-state index contributed by atoms with van der Waals surface area (Å²) < 4.78 is 11.0. The first kappa shape index (κ1) is 8.84. The van der Waals surface area contributed by atoms with E-state index < -0.39 is 8.74 Å². The van der Waals surface area contributed by atoms with Crippen LogP contribution in [0.25, 0.3) is 0 Å². The third-order valence-corrected chi connectivity index (χ3v) is 2.58. The van der Waals surface area contributed by atoms with Crippen LogP contribution in [-0.4, -0.2) is 15.1 Å². The predicted octanol–water partition coefficient (Wildman–Crippen LogP) is 1.96. The van der Waals surface area contributed by atoms with Crippen molar-refractivity contribution < 1.29 is 4.21 Å². The van der Waals surface area contributed by atoms with E-state index in [2.05, 4.69) is 10.9 Å². The first-order valence-corrected chi connectivity index (χ1v) is 5.62. The molecule has 0 spiro atoms. The molecular formula is C6H5Cl2NOS. The van der Waals surface area contributed by atoms with Crippen molar-refractivity contribution >= 4 is 36.9 Å². The molecule has 0 bridgehead atoms. The smallest absolute Gasteiger partial charge is 0.133 e. The zero-order valence-corrected chi connectivity index (χ0v) is 7.79. The predicted molar refractivity (Wildman–Crippen MR) is 48.6 cm³/mol. The van der Waals surface area contributed by atoms with Crippen molar-refractivity contribution in [1.82, 2.24) is 4.98 Å².